The van der Waals surface area contributed by atoms with Gasteiger partial charge in [0.25, 0.3) is 0 Å². The van der Waals surface area contributed by atoms with Gasteiger partial charge in [0.05, 0.1) is 0 Å². The summed E-state index contributed by atoms with van der Waals surface area (Å²) >= 11 is 0. The van der Waals surface area contributed by atoms with Gasteiger partial charge in [0.15, 0.2) is 5.96 Å². The Balaban J connectivity index is 2.13. The Bertz CT molecular complexity index is 367. The number of nitrogens with zero attached hydrogens (tertiary/aromatic N) is 3. The van der Waals surface area contributed by atoms with Gasteiger partial charge in [-0.25, -0.2) is 4.98 Å². The molecule has 18 heavy (non-hydrogen) atoms. The molecule has 0 amide bonds. The molecule has 0 spiro atoms. The van der Waals surface area contributed by atoms with Crippen LogP contribution in [0.2, 0.25) is 0 Å². The number of aryl methyl sites for hydroxylation is 2. The van der Waals surface area contributed by atoms with Crippen molar-refractivity contribution in [3.05, 3.63) is 18.2 Å². The summed E-state index contributed by atoms with van der Waals surface area (Å²) in [4.78, 5) is 8.38. The van der Waals surface area contributed by atoms with Crippen LogP contribution in [0.1, 0.15) is 32.5 Å². The van der Waals surface area contributed by atoms with Crippen molar-refractivity contribution < 1.29 is 0 Å². The highest BCUT2D eigenvalue weighted by molar-refractivity contribution is 5.79. The molecule has 1 aromatic heterocycles. The molecule has 1 aromatic rings. The fourth-order valence-corrected chi connectivity index (χ4v) is 1.72. The van der Waals surface area contributed by atoms with E-state index in [0.717, 1.165) is 37.7 Å². The van der Waals surface area contributed by atoms with Gasteiger partial charge in [-0.05, 0) is 33.6 Å². The van der Waals surface area contributed by atoms with Gasteiger partial charge in [-0.15, -0.1) is 0 Å². The zero-order valence-corrected chi connectivity index (χ0v) is 11.9. The Labute approximate surface area is 110 Å². The average Bonchev–Trinajstić information content (AvgIpc) is 2.72. The SMILES string of the molecule is CN=C(NCCCCn1ccnc1C)NC(C)C. The zero-order valence-electron chi connectivity index (χ0n) is 11.9. The van der Waals surface area contributed by atoms with Gasteiger partial charge in [-0.2, -0.15) is 0 Å². The van der Waals surface area contributed by atoms with Crippen molar-refractivity contribution in [2.45, 2.75) is 46.2 Å². The third kappa shape index (κ3) is 5.21. The van der Waals surface area contributed by atoms with Crippen LogP contribution in [0.5, 0.6) is 0 Å². The van der Waals surface area contributed by atoms with E-state index in [9.17, 15) is 0 Å². The first-order valence-corrected chi connectivity index (χ1v) is 6.58. The average molecular weight is 251 g/mol. The Morgan fingerprint density at radius 1 is 1.44 bits per heavy atom. The van der Waals surface area contributed by atoms with E-state index in [4.69, 9.17) is 0 Å². The number of imidazole rings is 1. The Hall–Kier alpha value is -1.52. The van der Waals surface area contributed by atoms with Crippen molar-refractivity contribution in [1.29, 1.82) is 0 Å². The molecule has 1 rings (SSSR count). The number of nitrogens with one attached hydrogen (secondary N) is 2. The first kappa shape index (κ1) is 14.5. The van der Waals surface area contributed by atoms with E-state index in [-0.39, 0.29) is 0 Å². The van der Waals surface area contributed by atoms with E-state index >= 15 is 0 Å². The van der Waals surface area contributed by atoms with Crippen LogP contribution >= 0.6 is 0 Å². The van der Waals surface area contributed by atoms with E-state index in [1.165, 1.54) is 0 Å². The van der Waals surface area contributed by atoms with Gasteiger partial charge in [0.1, 0.15) is 5.82 Å². The standard InChI is InChI=1S/C13H25N5/c1-11(2)17-13(14-4)16-7-5-6-9-18-10-8-15-12(18)3/h8,10-11H,5-7,9H2,1-4H3,(H2,14,16,17). The third-order valence-corrected chi connectivity index (χ3v) is 2.69. The van der Waals surface area contributed by atoms with Gasteiger partial charge < -0.3 is 15.2 Å². The topological polar surface area (TPSA) is 54.2 Å². The molecule has 0 saturated heterocycles. The molecule has 5 heteroatoms. The number of aliphatic imine (C=N–C) groups is 1. The molecule has 5 nitrogen and oxygen atoms in total. The number of unbranched alkanes of at least 4 members (excludes halogenated alkanes) is 1. The van der Waals surface area contributed by atoms with Crippen molar-refractivity contribution in [3.63, 3.8) is 0 Å². The predicted molar refractivity (Wildman–Crippen MR) is 75.8 cm³/mol. The highest BCUT2D eigenvalue weighted by Crippen LogP contribution is 1.99. The summed E-state index contributed by atoms with van der Waals surface area (Å²) in [7, 11) is 1.80. The zero-order chi connectivity index (χ0) is 13.4. The summed E-state index contributed by atoms with van der Waals surface area (Å²) in [6, 6.07) is 0.407. The molecule has 2 N–H and O–H groups in total. The van der Waals surface area contributed by atoms with E-state index in [1.807, 2.05) is 19.3 Å². The monoisotopic (exact) mass is 251 g/mol. The lowest BCUT2D eigenvalue weighted by Crippen LogP contribution is -2.41. The maximum absolute atomic E-state index is 4.21. The highest BCUT2D eigenvalue weighted by Gasteiger charge is 1.99. The van der Waals surface area contributed by atoms with E-state index in [2.05, 4.69) is 39.0 Å². The fourth-order valence-electron chi connectivity index (χ4n) is 1.72. The molecule has 0 unspecified atom stereocenters. The molecule has 1 heterocycles. The first-order chi connectivity index (χ1) is 8.63. The second-order valence-electron chi connectivity index (χ2n) is 4.67. The van der Waals surface area contributed by atoms with Gasteiger partial charge in [-0.3, -0.25) is 4.99 Å². The summed E-state index contributed by atoms with van der Waals surface area (Å²) in [6.07, 6.45) is 6.14. The van der Waals surface area contributed by atoms with E-state index in [0.29, 0.717) is 6.04 Å². The predicted octanol–water partition coefficient (Wildman–Crippen LogP) is 1.55. The van der Waals surface area contributed by atoms with Crippen molar-refractivity contribution in [1.82, 2.24) is 20.2 Å². The second kappa shape index (κ2) is 7.74. The summed E-state index contributed by atoms with van der Waals surface area (Å²) in [6.45, 7) is 8.22. The Morgan fingerprint density at radius 2 is 2.22 bits per heavy atom. The normalized spacial score (nSPS) is 11.9. The molecular weight excluding hydrogens is 226 g/mol. The van der Waals surface area contributed by atoms with Crippen LogP contribution in [0.4, 0.5) is 0 Å². The number of hydrogen-bond acceptors (Lipinski definition) is 2. The van der Waals surface area contributed by atoms with Crippen molar-refractivity contribution in [3.8, 4) is 0 Å². The Morgan fingerprint density at radius 3 is 2.78 bits per heavy atom. The Kier molecular flexibility index (Phi) is 6.25. The quantitative estimate of drug-likeness (QED) is 0.458. The molecule has 0 aromatic carbocycles. The van der Waals surface area contributed by atoms with Gasteiger partial charge in [-0.1, -0.05) is 0 Å². The molecule has 0 atom stereocenters. The van der Waals surface area contributed by atoms with Crippen LogP contribution in [0.25, 0.3) is 0 Å². The molecule has 0 radical (unpaired) electrons. The molecule has 0 aliphatic carbocycles. The maximum atomic E-state index is 4.21. The van der Waals surface area contributed by atoms with Crippen LogP contribution in [0, 0.1) is 6.92 Å². The molecule has 0 aliphatic heterocycles. The number of guanidine groups is 1. The van der Waals surface area contributed by atoms with Gasteiger partial charge in [0.2, 0.25) is 0 Å². The first-order valence-electron chi connectivity index (χ1n) is 6.58. The maximum Gasteiger partial charge on any atom is 0.191 e. The summed E-state index contributed by atoms with van der Waals surface area (Å²) in [5.41, 5.74) is 0. The molecule has 0 saturated carbocycles. The number of hydrogen-bond donors (Lipinski definition) is 2. The minimum absolute atomic E-state index is 0.407. The molecule has 0 aliphatic rings. The van der Waals surface area contributed by atoms with E-state index in [1.54, 1.807) is 7.05 Å². The summed E-state index contributed by atoms with van der Waals surface area (Å²) < 4.78 is 2.18. The molecule has 102 valence electrons. The van der Waals surface area contributed by atoms with Crippen molar-refractivity contribution >= 4 is 5.96 Å². The largest absolute Gasteiger partial charge is 0.356 e. The van der Waals surface area contributed by atoms with Crippen LogP contribution in [-0.2, 0) is 6.54 Å². The van der Waals surface area contributed by atoms with Crippen molar-refractivity contribution in [2.75, 3.05) is 13.6 Å². The highest BCUT2D eigenvalue weighted by atomic mass is 15.2. The van der Waals surface area contributed by atoms with Crippen LogP contribution in [-0.4, -0.2) is 35.1 Å². The van der Waals surface area contributed by atoms with Gasteiger partial charge >= 0.3 is 0 Å². The molecule has 0 bridgehead atoms. The lowest BCUT2D eigenvalue weighted by Gasteiger charge is -2.14. The number of aromatic nitrogens is 2. The van der Waals surface area contributed by atoms with E-state index < -0.39 is 0 Å². The molecular formula is C13H25N5. The van der Waals surface area contributed by atoms with Gasteiger partial charge in [0, 0.05) is 38.6 Å². The lowest BCUT2D eigenvalue weighted by molar-refractivity contribution is 0.585. The summed E-state index contributed by atoms with van der Waals surface area (Å²) in [5.74, 6) is 1.96. The second-order valence-corrected chi connectivity index (χ2v) is 4.67. The fraction of sp³-hybridized carbons (Fsp3) is 0.692. The van der Waals surface area contributed by atoms with Crippen molar-refractivity contribution in [2.24, 2.45) is 4.99 Å². The lowest BCUT2D eigenvalue weighted by atomic mass is 10.3. The number of rotatable bonds is 6. The minimum atomic E-state index is 0.407. The summed E-state index contributed by atoms with van der Waals surface area (Å²) in [5, 5.41) is 6.58. The molecule has 0 fully saturated rings. The van der Waals surface area contributed by atoms with Crippen LogP contribution in [0.15, 0.2) is 17.4 Å². The third-order valence-electron chi connectivity index (χ3n) is 2.69. The smallest absolute Gasteiger partial charge is 0.191 e. The van der Waals surface area contributed by atoms with Crippen LogP contribution < -0.4 is 10.6 Å². The minimum Gasteiger partial charge on any atom is -0.356 e. The van der Waals surface area contributed by atoms with Crippen LogP contribution in [0.3, 0.4) is 0 Å².